The Morgan fingerprint density at radius 1 is 1.10 bits per heavy atom. The number of aromatic nitrogens is 2. The van der Waals surface area contributed by atoms with Gasteiger partial charge in [0.05, 0.1) is 28.8 Å². The standard InChI is InChI=1S/C24H32N6O/c1-17(28(4)5)15-30-20-11-12-21(29(16-31)14-8-13-27(2)3)24-22(20)23(26-30)18-9-6-7-10-19(18)25-24/h6-7,9-12,16-17,25H,8,13-15H2,1-5H3. The zero-order valence-electron chi connectivity index (χ0n) is 19.1. The summed E-state index contributed by atoms with van der Waals surface area (Å²) in [5.74, 6) is 0. The maximum absolute atomic E-state index is 12.0. The summed E-state index contributed by atoms with van der Waals surface area (Å²) < 4.78 is 2.10. The molecule has 7 nitrogen and oxygen atoms in total. The van der Waals surface area contributed by atoms with Crippen LogP contribution in [-0.4, -0.2) is 73.3 Å². The first-order valence-corrected chi connectivity index (χ1v) is 10.8. The number of carbonyl (C=O) groups is 1. The van der Waals surface area contributed by atoms with Crippen LogP contribution in [0.2, 0.25) is 0 Å². The Morgan fingerprint density at radius 3 is 2.58 bits per heavy atom. The zero-order valence-corrected chi connectivity index (χ0v) is 19.1. The molecule has 1 aliphatic rings. The average molecular weight is 421 g/mol. The molecule has 1 atom stereocenters. The highest BCUT2D eigenvalue weighted by Crippen LogP contribution is 2.47. The molecule has 31 heavy (non-hydrogen) atoms. The van der Waals surface area contributed by atoms with Gasteiger partial charge in [0.15, 0.2) is 0 Å². The maximum atomic E-state index is 12.0. The van der Waals surface area contributed by atoms with Crippen molar-refractivity contribution < 1.29 is 4.79 Å². The van der Waals surface area contributed by atoms with Crippen molar-refractivity contribution >= 4 is 34.4 Å². The largest absolute Gasteiger partial charge is 0.353 e. The molecule has 0 spiro atoms. The molecular weight excluding hydrogens is 388 g/mol. The Bertz CT molecular complexity index is 1090. The first-order chi connectivity index (χ1) is 14.9. The van der Waals surface area contributed by atoms with Gasteiger partial charge >= 0.3 is 0 Å². The third-order valence-electron chi connectivity index (χ3n) is 6.10. The molecule has 2 heterocycles. The maximum Gasteiger partial charge on any atom is 0.214 e. The molecule has 1 aromatic heterocycles. The van der Waals surface area contributed by atoms with Crippen LogP contribution in [-0.2, 0) is 11.3 Å². The van der Waals surface area contributed by atoms with E-state index in [4.69, 9.17) is 5.10 Å². The summed E-state index contributed by atoms with van der Waals surface area (Å²) in [4.78, 5) is 18.2. The number of para-hydroxylation sites is 1. The van der Waals surface area contributed by atoms with Crippen LogP contribution in [0.4, 0.5) is 17.1 Å². The molecule has 1 amide bonds. The highest BCUT2D eigenvalue weighted by molar-refractivity contribution is 6.14. The molecular formula is C24H32N6O. The number of hydrogen-bond donors (Lipinski definition) is 1. The van der Waals surface area contributed by atoms with Crippen molar-refractivity contribution in [2.24, 2.45) is 0 Å². The van der Waals surface area contributed by atoms with Gasteiger partial charge in [-0.1, -0.05) is 18.2 Å². The van der Waals surface area contributed by atoms with E-state index in [0.29, 0.717) is 12.6 Å². The molecule has 1 N–H and O–H groups in total. The second-order valence-corrected chi connectivity index (χ2v) is 8.82. The lowest BCUT2D eigenvalue weighted by Gasteiger charge is -2.26. The Hall–Kier alpha value is -2.90. The summed E-state index contributed by atoms with van der Waals surface area (Å²) in [7, 11) is 8.28. The Kier molecular flexibility index (Phi) is 5.98. The Labute approximate surface area is 184 Å². The summed E-state index contributed by atoms with van der Waals surface area (Å²) in [5.41, 5.74) is 6.05. The van der Waals surface area contributed by atoms with Gasteiger partial charge in [0.25, 0.3) is 0 Å². The van der Waals surface area contributed by atoms with E-state index in [1.807, 2.05) is 23.1 Å². The lowest BCUT2D eigenvalue weighted by molar-refractivity contribution is -0.107. The van der Waals surface area contributed by atoms with E-state index < -0.39 is 0 Å². The third kappa shape index (κ3) is 4.03. The lowest BCUT2D eigenvalue weighted by atomic mass is 9.99. The van der Waals surface area contributed by atoms with Crippen LogP contribution in [0.15, 0.2) is 36.4 Å². The normalized spacial score (nSPS) is 13.4. The van der Waals surface area contributed by atoms with E-state index in [9.17, 15) is 4.79 Å². The van der Waals surface area contributed by atoms with Crippen molar-refractivity contribution in [2.75, 3.05) is 51.5 Å². The molecule has 4 rings (SSSR count). The van der Waals surface area contributed by atoms with Crippen LogP contribution in [0.25, 0.3) is 22.2 Å². The number of rotatable bonds is 9. The molecule has 0 bridgehead atoms. The van der Waals surface area contributed by atoms with Gasteiger partial charge in [-0.2, -0.15) is 5.10 Å². The number of fused-ring (bicyclic) bond motifs is 2. The minimum absolute atomic E-state index is 0.348. The minimum atomic E-state index is 0.348. The van der Waals surface area contributed by atoms with Gasteiger partial charge < -0.3 is 20.0 Å². The summed E-state index contributed by atoms with van der Waals surface area (Å²) >= 11 is 0. The number of carbonyl (C=O) groups excluding carboxylic acids is 1. The van der Waals surface area contributed by atoms with Gasteiger partial charge in [-0.25, -0.2) is 0 Å². The molecule has 0 saturated heterocycles. The fourth-order valence-electron chi connectivity index (χ4n) is 4.09. The number of benzene rings is 2. The Morgan fingerprint density at radius 2 is 1.87 bits per heavy atom. The van der Waals surface area contributed by atoms with Crippen molar-refractivity contribution in [3.05, 3.63) is 36.4 Å². The van der Waals surface area contributed by atoms with Crippen LogP contribution in [0, 0.1) is 0 Å². The smallest absolute Gasteiger partial charge is 0.214 e. The van der Waals surface area contributed by atoms with Gasteiger partial charge in [-0.15, -0.1) is 0 Å². The summed E-state index contributed by atoms with van der Waals surface area (Å²) in [5, 5.41) is 9.72. The molecule has 164 valence electrons. The van der Waals surface area contributed by atoms with Crippen LogP contribution < -0.4 is 10.2 Å². The van der Waals surface area contributed by atoms with Gasteiger partial charge in [0, 0.05) is 23.8 Å². The third-order valence-corrected chi connectivity index (χ3v) is 6.10. The molecule has 0 aliphatic carbocycles. The highest BCUT2D eigenvalue weighted by Gasteiger charge is 2.27. The molecule has 7 heteroatoms. The quantitative estimate of drug-likeness (QED) is 0.419. The molecule has 2 aromatic carbocycles. The van der Waals surface area contributed by atoms with Crippen molar-refractivity contribution in [2.45, 2.75) is 25.9 Å². The molecule has 0 fully saturated rings. The molecule has 0 radical (unpaired) electrons. The number of anilines is 3. The first kappa shape index (κ1) is 21.3. The number of amides is 1. The molecule has 1 aliphatic heterocycles. The predicted octanol–water partition coefficient (Wildman–Crippen LogP) is 3.62. The predicted molar refractivity (Wildman–Crippen MR) is 128 cm³/mol. The number of nitrogens with zero attached hydrogens (tertiary/aromatic N) is 5. The Balaban J connectivity index is 1.83. The van der Waals surface area contributed by atoms with E-state index in [1.54, 1.807) is 0 Å². The van der Waals surface area contributed by atoms with Gasteiger partial charge in [-0.05, 0) is 66.3 Å². The van der Waals surface area contributed by atoms with Crippen LogP contribution in [0.1, 0.15) is 13.3 Å². The van der Waals surface area contributed by atoms with E-state index in [-0.39, 0.29) is 0 Å². The van der Waals surface area contributed by atoms with Crippen LogP contribution >= 0.6 is 0 Å². The fraction of sp³-hybridized carbons (Fsp3) is 0.417. The van der Waals surface area contributed by atoms with Gasteiger partial charge in [0.2, 0.25) is 6.41 Å². The lowest BCUT2D eigenvalue weighted by Crippen LogP contribution is -2.29. The van der Waals surface area contributed by atoms with Crippen molar-refractivity contribution in [1.82, 2.24) is 19.6 Å². The van der Waals surface area contributed by atoms with Crippen molar-refractivity contribution in [1.29, 1.82) is 0 Å². The summed E-state index contributed by atoms with van der Waals surface area (Å²) in [6.45, 7) is 4.60. The van der Waals surface area contributed by atoms with Crippen molar-refractivity contribution in [3.8, 4) is 11.3 Å². The SMILES string of the molecule is CC(Cn1nc2c3c(c(N(C=O)CCCN(C)C)ccc31)Nc1ccccc1-2)N(C)C. The molecule has 0 saturated carbocycles. The second kappa shape index (κ2) is 8.69. The fourth-order valence-corrected chi connectivity index (χ4v) is 4.09. The van der Waals surface area contributed by atoms with Gasteiger partial charge in [0.1, 0.15) is 5.69 Å². The number of nitrogens with one attached hydrogen (secondary N) is 1. The topological polar surface area (TPSA) is 56.6 Å². The number of hydrogen-bond acceptors (Lipinski definition) is 5. The van der Waals surface area contributed by atoms with Gasteiger partial charge in [-0.3, -0.25) is 9.48 Å². The number of likely N-dealkylation sites (N-methyl/N-ethyl adjacent to an activating group) is 1. The summed E-state index contributed by atoms with van der Waals surface area (Å²) in [6.07, 6.45) is 1.85. The first-order valence-electron chi connectivity index (χ1n) is 10.8. The van der Waals surface area contributed by atoms with E-state index in [0.717, 1.165) is 65.1 Å². The molecule has 1 unspecified atom stereocenters. The zero-order chi connectivity index (χ0) is 22.1. The van der Waals surface area contributed by atoms with E-state index in [1.165, 1.54) is 0 Å². The monoisotopic (exact) mass is 420 g/mol. The van der Waals surface area contributed by atoms with E-state index >= 15 is 0 Å². The summed E-state index contributed by atoms with van der Waals surface area (Å²) in [6, 6.07) is 12.7. The van der Waals surface area contributed by atoms with Crippen LogP contribution in [0.3, 0.4) is 0 Å². The second-order valence-electron chi connectivity index (χ2n) is 8.82. The van der Waals surface area contributed by atoms with Crippen LogP contribution in [0.5, 0.6) is 0 Å². The average Bonchev–Trinajstić information content (AvgIpc) is 3.11. The van der Waals surface area contributed by atoms with Crippen molar-refractivity contribution in [3.63, 3.8) is 0 Å². The minimum Gasteiger partial charge on any atom is -0.353 e. The molecule has 3 aromatic rings. The highest BCUT2D eigenvalue weighted by atomic mass is 16.1. The van der Waals surface area contributed by atoms with E-state index in [2.05, 4.69) is 73.1 Å².